The molecule has 0 radical (unpaired) electrons. The molecule has 0 aliphatic heterocycles. The monoisotopic (exact) mass is 218 g/mol. The molecule has 0 aromatic heterocycles. The Labute approximate surface area is 96.5 Å². The van der Waals surface area contributed by atoms with Gasteiger partial charge < -0.3 is 10.2 Å². The van der Waals surface area contributed by atoms with Crippen LogP contribution in [0.4, 0.5) is 0 Å². The highest BCUT2D eigenvalue weighted by Gasteiger charge is 2.28. The van der Waals surface area contributed by atoms with Crippen molar-refractivity contribution in [1.29, 1.82) is 0 Å². The smallest absolute Gasteiger partial charge is 0.236 e. The van der Waals surface area contributed by atoms with Crippen LogP contribution in [0, 0.1) is 0 Å². The average molecular weight is 218 g/mol. The van der Waals surface area contributed by atoms with Gasteiger partial charge in [0.2, 0.25) is 5.91 Å². The summed E-state index contributed by atoms with van der Waals surface area (Å²) in [6.07, 6.45) is 2.34. The molecule has 0 heterocycles. The lowest BCUT2D eigenvalue weighted by atomic mass is 10.2. The van der Waals surface area contributed by atoms with Crippen LogP contribution >= 0.6 is 0 Å². The second kappa shape index (κ2) is 5.12. The fourth-order valence-corrected chi connectivity index (χ4v) is 1.70. The fraction of sp³-hybridized carbons (Fsp3) is 0.462. The molecule has 1 N–H and O–H groups in total. The third-order valence-electron chi connectivity index (χ3n) is 2.94. The first-order valence-electron chi connectivity index (χ1n) is 5.77. The quantitative estimate of drug-likeness (QED) is 0.810. The molecule has 2 rings (SSSR count). The maximum atomic E-state index is 11.7. The molecule has 0 saturated heterocycles. The number of hydrogen-bond acceptors (Lipinski definition) is 2. The molecule has 1 aliphatic rings. The molecule has 1 aromatic rings. The Bertz CT molecular complexity index is 346. The molecule has 1 aliphatic carbocycles. The minimum atomic E-state index is 0.193. The zero-order valence-electron chi connectivity index (χ0n) is 9.65. The van der Waals surface area contributed by atoms with Crippen molar-refractivity contribution in [1.82, 2.24) is 10.2 Å². The molecule has 0 atom stereocenters. The van der Waals surface area contributed by atoms with Gasteiger partial charge in [-0.3, -0.25) is 4.79 Å². The van der Waals surface area contributed by atoms with Crippen molar-refractivity contribution in [2.24, 2.45) is 0 Å². The third kappa shape index (κ3) is 3.07. The molecule has 3 nitrogen and oxygen atoms in total. The van der Waals surface area contributed by atoms with Gasteiger partial charge in [0.05, 0.1) is 6.54 Å². The first-order valence-corrected chi connectivity index (χ1v) is 5.77. The van der Waals surface area contributed by atoms with Crippen LogP contribution in [-0.2, 0) is 11.3 Å². The van der Waals surface area contributed by atoms with E-state index in [-0.39, 0.29) is 5.91 Å². The summed E-state index contributed by atoms with van der Waals surface area (Å²) in [6.45, 7) is 1.19. The van der Waals surface area contributed by atoms with Gasteiger partial charge in [0.1, 0.15) is 0 Å². The van der Waals surface area contributed by atoms with Crippen LogP contribution in [0.15, 0.2) is 30.3 Å². The van der Waals surface area contributed by atoms with Crippen LogP contribution in [0.5, 0.6) is 0 Å². The van der Waals surface area contributed by atoms with E-state index in [1.54, 1.807) is 0 Å². The number of likely N-dealkylation sites (N-methyl/N-ethyl adjacent to an activating group) is 1. The van der Waals surface area contributed by atoms with E-state index in [2.05, 4.69) is 17.4 Å². The normalized spacial score (nSPS) is 14.8. The van der Waals surface area contributed by atoms with E-state index < -0.39 is 0 Å². The van der Waals surface area contributed by atoms with E-state index in [4.69, 9.17) is 0 Å². The van der Waals surface area contributed by atoms with Crippen LogP contribution < -0.4 is 5.32 Å². The van der Waals surface area contributed by atoms with Crippen LogP contribution in [0.2, 0.25) is 0 Å². The maximum absolute atomic E-state index is 11.7. The molecule has 0 unspecified atom stereocenters. The van der Waals surface area contributed by atoms with E-state index in [1.165, 1.54) is 18.4 Å². The number of rotatable bonds is 5. The second-order valence-electron chi connectivity index (χ2n) is 4.32. The SMILES string of the molecule is CN(C(=O)CNCc1ccccc1)C1CC1. The van der Waals surface area contributed by atoms with Gasteiger partial charge in [-0.2, -0.15) is 0 Å². The molecule has 3 heteroatoms. The number of benzene rings is 1. The highest BCUT2D eigenvalue weighted by Crippen LogP contribution is 2.25. The van der Waals surface area contributed by atoms with Gasteiger partial charge >= 0.3 is 0 Å². The zero-order chi connectivity index (χ0) is 11.4. The molecule has 16 heavy (non-hydrogen) atoms. The van der Waals surface area contributed by atoms with Crippen molar-refractivity contribution in [3.63, 3.8) is 0 Å². The number of amides is 1. The summed E-state index contributed by atoms with van der Waals surface area (Å²) in [6, 6.07) is 10.6. The van der Waals surface area contributed by atoms with Crippen molar-refractivity contribution < 1.29 is 4.79 Å². The summed E-state index contributed by atoms with van der Waals surface area (Å²) < 4.78 is 0. The fourth-order valence-electron chi connectivity index (χ4n) is 1.70. The van der Waals surface area contributed by atoms with Crippen molar-refractivity contribution in [3.05, 3.63) is 35.9 Å². The molecular weight excluding hydrogens is 200 g/mol. The molecule has 1 aromatic carbocycles. The summed E-state index contributed by atoms with van der Waals surface area (Å²) in [5, 5.41) is 3.17. The minimum absolute atomic E-state index is 0.193. The lowest BCUT2D eigenvalue weighted by Gasteiger charge is -2.16. The average Bonchev–Trinajstić information content (AvgIpc) is 3.13. The number of carbonyl (C=O) groups is 1. The number of nitrogens with zero attached hydrogens (tertiary/aromatic N) is 1. The topological polar surface area (TPSA) is 32.3 Å². The minimum Gasteiger partial charge on any atom is -0.342 e. The van der Waals surface area contributed by atoms with Crippen LogP contribution in [0.25, 0.3) is 0 Å². The molecule has 1 saturated carbocycles. The lowest BCUT2D eigenvalue weighted by molar-refractivity contribution is -0.129. The Kier molecular flexibility index (Phi) is 3.57. The van der Waals surface area contributed by atoms with Gasteiger partial charge in [-0.25, -0.2) is 0 Å². The van der Waals surface area contributed by atoms with Gasteiger partial charge in [0.25, 0.3) is 0 Å². The van der Waals surface area contributed by atoms with Crippen LogP contribution in [0.3, 0.4) is 0 Å². The summed E-state index contributed by atoms with van der Waals surface area (Å²) in [5.41, 5.74) is 1.21. The van der Waals surface area contributed by atoms with Crippen molar-refractivity contribution in [3.8, 4) is 0 Å². The number of hydrogen-bond donors (Lipinski definition) is 1. The van der Waals surface area contributed by atoms with Crippen molar-refractivity contribution >= 4 is 5.91 Å². The molecule has 1 fully saturated rings. The standard InChI is InChI=1S/C13H18N2O/c1-15(12-7-8-12)13(16)10-14-9-11-5-3-2-4-6-11/h2-6,12,14H,7-10H2,1H3. The Hall–Kier alpha value is -1.35. The first kappa shape index (κ1) is 11.1. The summed E-state index contributed by atoms with van der Waals surface area (Å²) in [7, 11) is 1.89. The van der Waals surface area contributed by atoms with Crippen LogP contribution in [-0.4, -0.2) is 30.4 Å². The highest BCUT2D eigenvalue weighted by molar-refractivity contribution is 5.78. The predicted molar refractivity (Wildman–Crippen MR) is 63.9 cm³/mol. The molecule has 86 valence electrons. The van der Waals surface area contributed by atoms with Gasteiger partial charge in [0, 0.05) is 19.6 Å². The van der Waals surface area contributed by atoms with E-state index in [0.717, 1.165) is 6.54 Å². The van der Waals surface area contributed by atoms with E-state index in [0.29, 0.717) is 12.6 Å². The summed E-state index contributed by atoms with van der Waals surface area (Å²) in [5.74, 6) is 0.193. The van der Waals surface area contributed by atoms with Gasteiger partial charge in [0.15, 0.2) is 0 Å². The van der Waals surface area contributed by atoms with E-state index in [9.17, 15) is 4.79 Å². The number of carbonyl (C=O) groups excluding carboxylic acids is 1. The Balaban J connectivity index is 1.69. The zero-order valence-corrected chi connectivity index (χ0v) is 9.65. The molecule has 0 bridgehead atoms. The highest BCUT2D eigenvalue weighted by atomic mass is 16.2. The second-order valence-corrected chi connectivity index (χ2v) is 4.32. The van der Waals surface area contributed by atoms with Gasteiger partial charge in [-0.15, -0.1) is 0 Å². The Morgan fingerprint density at radius 1 is 1.38 bits per heavy atom. The van der Waals surface area contributed by atoms with Crippen LogP contribution in [0.1, 0.15) is 18.4 Å². The van der Waals surface area contributed by atoms with Gasteiger partial charge in [-0.05, 0) is 18.4 Å². The van der Waals surface area contributed by atoms with Crippen molar-refractivity contribution in [2.45, 2.75) is 25.4 Å². The van der Waals surface area contributed by atoms with E-state index >= 15 is 0 Å². The Morgan fingerprint density at radius 3 is 2.69 bits per heavy atom. The molecule has 0 spiro atoms. The lowest BCUT2D eigenvalue weighted by Crippen LogP contribution is -2.36. The third-order valence-corrected chi connectivity index (χ3v) is 2.94. The summed E-state index contributed by atoms with van der Waals surface area (Å²) in [4.78, 5) is 13.5. The number of nitrogens with one attached hydrogen (secondary N) is 1. The summed E-state index contributed by atoms with van der Waals surface area (Å²) >= 11 is 0. The predicted octanol–water partition coefficient (Wildman–Crippen LogP) is 1.40. The van der Waals surface area contributed by atoms with Gasteiger partial charge in [-0.1, -0.05) is 30.3 Å². The first-order chi connectivity index (χ1) is 7.77. The van der Waals surface area contributed by atoms with E-state index in [1.807, 2.05) is 30.1 Å². The van der Waals surface area contributed by atoms with Crippen molar-refractivity contribution in [2.75, 3.05) is 13.6 Å². The molecule has 1 amide bonds. The largest absolute Gasteiger partial charge is 0.342 e. The maximum Gasteiger partial charge on any atom is 0.236 e. The Morgan fingerprint density at radius 2 is 2.06 bits per heavy atom. The molecular formula is C13H18N2O.